The van der Waals surface area contributed by atoms with Crippen LogP contribution in [-0.2, 0) is 9.47 Å². The smallest absolute Gasteiger partial charge is 0.0700 e. The molecule has 0 radical (unpaired) electrons. The lowest BCUT2D eigenvalue weighted by Crippen LogP contribution is -2.43. The van der Waals surface area contributed by atoms with Gasteiger partial charge in [-0.15, -0.1) is 0 Å². The normalized spacial score (nSPS) is 24.0. The van der Waals surface area contributed by atoms with Crippen molar-refractivity contribution in [3.8, 4) is 0 Å². The summed E-state index contributed by atoms with van der Waals surface area (Å²) in [5.74, 6) is 1.81. The van der Waals surface area contributed by atoms with Gasteiger partial charge in [-0.3, -0.25) is 0 Å². The molecule has 1 N–H and O–H groups in total. The van der Waals surface area contributed by atoms with Crippen molar-refractivity contribution in [3.05, 3.63) is 0 Å². The molecule has 1 rings (SSSR count). The highest BCUT2D eigenvalue weighted by Gasteiger charge is 2.30. The van der Waals surface area contributed by atoms with Crippen molar-refractivity contribution in [2.45, 2.75) is 52.0 Å². The number of methoxy groups -OCH3 is 1. The van der Waals surface area contributed by atoms with E-state index in [1.165, 1.54) is 32.2 Å². The zero-order valence-corrected chi connectivity index (χ0v) is 12.6. The van der Waals surface area contributed by atoms with Crippen LogP contribution in [0.25, 0.3) is 0 Å². The van der Waals surface area contributed by atoms with Gasteiger partial charge in [0.2, 0.25) is 0 Å². The van der Waals surface area contributed by atoms with Crippen LogP contribution in [0.15, 0.2) is 0 Å². The second kappa shape index (κ2) is 8.13. The first-order valence-electron chi connectivity index (χ1n) is 7.34. The van der Waals surface area contributed by atoms with Crippen molar-refractivity contribution in [2.24, 2.45) is 11.8 Å². The fourth-order valence-electron chi connectivity index (χ4n) is 2.42. The molecule has 0 aromatic heterocycles. The molecule has 0 heterocycles. The number of rotatable bonds is 9. The maximum absolute atomic E-state index is 5.50. The van der Waals surface area contributed by atoms with E-state index in [9.17, 15) is 0 Å². The molecule has 1 saturated carbocycles. The van der Waals surface area contributed by atoms with Crippen LogP contribution < -0.4 is 5.32 Å². The Kier molecular flexibility index (Phi) is 7.20. The van der Waals surface area contributed by atoms with Crippen LogP contribution >= 0.6 is 0 Å². The predicted octanol–water partition coefficient (Wildman–Crippen LogP) is 2.84. The van der Waals surface area contributed by atoms with Crippen molar-refractivity contribution < 1.29 is 9.47 Å². The topological polar surface area (TPSA) is 30.5 Å². The standard InChI is InChI=1S/C15H31NO2/c1-15(2,3)16-12-14-8-7-13(14)6-5-9-18-11-10-17-4/h13-14,16H,5-12H2,1-4H3. The lowest BCUT2D eigenvalue weighted by Gasteiger charge is -2.39. The Morgan fingerprint density at radius 2 is 1.78 bits per heavy atom. The van der Waals surface area contributed by atoms with Crippen LogP contribution in [0.3, 0.4) is 0 Å². The number of nitrogens with one attached hydrogen (secondary N) is 1. The van der Waals surface area contributed by atoms with E-state index in [1.807, 2.05) is 0 Å². The fourth-order valence-corrected chi connectivity index (χ4v) is 2.42. The first-order chi connectivity index (χ1) is 8.53. The van der Waals surface area contributed by atoms with Gasteiger partial charge in [0, 0.05) is 19.3 Å². The van der Waals surface area contributed by atoms with Gasteiger partial charge in [0.15, 0.2) is 0 Å². The van der Waals surface area contributed by atoms with Crippen LogP contribution in [0.2, 0.25) is 0 Å². The number of hydrogen-bond acceptors (Lipinski definition) is 3. The summed E-state index contributed by atoms with van der Waals surface area (Å²) in [5, 5.41) is 3.62. The Labute approximate surface area is 113 Å². The summed E-state index contributed by atoms with van der Waals surface area (Å²) in [5.41, 5.74) is 0.253. The van der Waals surface area contributed by atoms with Gasteiger partial charge < -0.3 is 14.8 Å². The average molecular weight is 257 g/mol. The van der Waals surface area contributed by atoms with Crippen LogP contribution in [-0.4, -0.2) is 39.0 Å². The molecular formula is C15H31NO2. The Balaban J connectivity index is 1.98. The Morgan fingerprint density at radius 1 is 1.06 bits per heavy atom. The molecule has 1 aliphatic carbocycles. The average Bonchev–Trinajstić information content (AvgIpc) is 2.25. The van der Waals surface area contributed by atoms with E-state index < -0.39 is 0 Å². The number of ether oxygens (including phenoxy) is 2. The van der Waals surface area contributed by atoms with Gasteiger partial charge in [-0.1, -0.05) is 0 Å². The highest BCUT2D eigenvalue weighted by molar-refractivity contribution is 4.84. The molecule has 1 aliphatic rings. The lowest BCUT2D eigenvalue weighted by atomic mass is 9.71. The Hall–Kier alpha value is -0.120. The summed E-state index contributed by atoms with van der Waals surface area (Å²) in [6, 6.07) is 0. The molecule has 2 unspecified atom stereocenters. The maximum atomic E-state index is 5.50. The van der Waals surface area contributed by atoms with E-state index in [-0.39, 0.29) is 5.54 Å². The predicted molar refractivity (Wildman–Crippen MR) is 75.9 cm³/mol. The minimum Gasteiger partial charge on any atom is -0.382 e. The second-order valence-corrected chi connectivity index (χ2v) is 6.48. The molecule has 1 fully saturated rings. The molecule has 0 saturated heterocycles. The van der Waals surface area contributed by atoms with Crippen molar-refractivity contribution in [2.75, 3.05) is 33.5 Å². The maximum Gasteiger partial charge on any atom is 0.0700 e. The number of hydrogen-bond donors (Lipinski definition) is 1. The quantitative estimate of drug-likeness (QED) is 0.644. The first kappa shape index (κ1) is 15.9. The highest BCUT2D eigenvalue weighted by atomic mass is 16.5. The summed E-state index contributed by atoms with van der Waals surface area (Å²) in [6.07, 6.45) is 5.33. The van der Waals surface area contributed by atoms with Crippen LogP contribution in [0, 0.1) is 11.8 Å². The monoisotopic (exact) mass is 257 g/mol. The molecule has 0 bridgehead atoms. The molecular weight excluding hydrogens is 226 g/mol. The van der Waals surface area contributed by atoms with Gasteiger partial charge in [0.1, 0.15) is 0 Å². The molecule has 108 valence electrons. The molecule has 2 atom stereocenters. The van der Waals surface area contributed by atoms with Gasteiger partial charge in [-0.25, -0.2) is 0 Å². The molecule has 3 nitrogen and oxygen atoms in total. The summed E-state index contributed by atoms with van der Waals surface area (Å²) in [7, 11) is 1.71. The largest absolute Gasteiger partial charge is 0.382 e. The highest BCUT2D eigenvalue weighted by Crippen LogP contribution is 2.37. The Morgan fingerprint density at radius 3 is 2.33 bits per heavy atom. The van der Waals surface area contributed by atoms with Crippen molar-refractivity contribution in [1.82, 2.24) is 5.32 Å². The SMILES string of the molecule is COCCOCCCC1CCC1CNC(C)(C)C. The third-order valence-corrected chi connectivity index (χ3v) is 3.76. The van der Waals surface area contributed by atoms with Crippen molar-refractivity contribution in [1.29, 1.82) is 0 Å². The Bertz CT molecular complexity index is 213. The fraction of sp³-hybridized carbons (Fsp3) is 1.00. The summed E-state index contributed by atoms with van der Waals surface area (Å²) < 4.78 is 10.5. The molecule has 18 heavy (non-hydrogen) atoms. The second-order valence-electron chi connectivity index (χ2n) is 6.48. The van der Waals surface area contributed by atoms with Crippen molar-refractivity contribution >= 4 is 0 Å². The molecule has 0 aromatic rings. The van der Waals surface area contributed by atoms with Gasteiger partial charge in [-0.05, 0) is 64.8 Å². The molecule has 0 spiro atoms. The van der Waals surface area contributed by atoms with Crippen LogP contribution in [0.5, 0.6) is 0 Å². The zero-order valence-electron chi connectivity index (χ0n) is 12.6. The van der Waals surface area contributed by atoms with E-state index in [4.69, 9.17) is 9.47 Å². The van der Waals surface area contributed by atoms with Gasteiger partial charge in [-0.2, -0.15) is 0 Å². The zero-order chi connectivity index (χ0) is 13.4. The molecule has 0 aliphatic heterocycles. The third kappa shape index (κ3) is 6.72. The minimum absolute atomic E-state index is 0.253. The lowest BCUT2D eigenvalue weighted by molar-refractivity contribution is 0.0605. The van der Waals surface area contributed by atoms with Gasteiger partial charge in [0.05, 0.1) is 13.2 Å². The summed E-state index contributed by atoms with van der Waals surface area (Å²) >= 11 is 0. The molecule has 3 heteroatoms. The first-order valence-corrected chi connectivity index (χ1v) is 7.34. The van der Waals surface area contributed by atoms with E-state index in [0.29, 0.717) is 6.61 Å². The molecule has 0 amide bonds. The summed E-state index contributed by atoms with van der Waals surface area (Å²) in [4.78, 5) is 0. The van der Waals surface area contributed by atoms with E-state index in [2.05, 4.69) is 26.1 Å². The van der Waals surface area contributed by atoms with Crippen LogP contribution in [0.1, 0.15) is 46.5 Å². The summed E-state index contributed by atoms with van der Waals surface area (Å²) in [6.45, 7) is 10.2. The van der Waals surface area contributed by atoms with Gasteiger partial charge >= 0.3 is 0 Å². The van der Waals surface area contributed by atoms with E-state index in [1.54, 1.807) is 7.11 Å². The van der Waals surface area contributed by atoms with E-state index in [0.717, 1.165) is 25.0 Å². The van der Waals surface area contributed by atoms with E-state index >= 15 is 0 Å². The molecule has 0 aromatic carbocycles. The minimum atomic E-state index is 0.253. The third-order valence-electron chi connectivity index (χ3n) is 3.76. The van der Waals surface area contributed by atoms with Gasteiger partial charge in [0.25, 0.3) is 0 Å². The van der Waals surface area contributed by atoms with Crippen LogP contribution in [0.4, 0.5) is 0 Å². The van der Waals surface area contributed by atoms with Crippen molar-refractivity contribution in [3.63, 3.8) is 0 Å².